The van der Waals surface area contributed by atoms with Crippen molar-refractivity contribution in [3.8, 4) is 5.75 Å². The highest BCUT2D eigenvalue weighted by Crippen LogP contribution is 2.30. The van der Waals surface area contributed by atoms with Crippen LogP contribution >= 0.6 is 0 Å². The summed E-state index contributed by atoms with van der Waals surface area (Å²) in [6.07, 6.45) is 1.17. The first-order chi connectivity index (χ1) is 7.61. The Kier molecular flexibility index (Phi) is 4.81. The molecule has 1 rings (SSSR count). The van der Waals surface area contributed by atoms with Crippen molar-refractivity contribution >= 4 is 0 Å². The second-order valence-corrected chi connectivity index (χ2v) is 4.76. The van der Waals surface area contributed by atoms with Crippen molar-refractivity contribution in [1.29, 1.82) is 0 Å². The van der Waals surface area contributed by atoms with Crippen LogP contribution in [0, 0.1) is 0 Å². The molecule has 0 aliphatic carbocycles. The van der Waals surface area contributed by atoms with Crippen LogP contribution in [0.5, 0.6) is 5.75 Å². The molecule has 0 aromatic heterocycles. The maximum Gasteiger partial charge on any atom is 0.122 e. The summed E-state index contributed by atoms with van der Waals surface area (Å²) in [5, 5.41) is 3.47. The van der Waals surface area contributed by atoms with Crippen LogP contribution in [-0.4, -0.2) is 20.2 Å². The summed E-state index contributed by atoms with van der Waals surface area (Å²) in [6, 6.07) is 8.25. The lowest BCUT2D eigenvalue weighted by molar-refractivity contribution is 0.386. The van der Waals surface area contributed by atoms with E-state index < -0.39 is 0 Å². The molecule has 0 unspecified atom stereocenters. The van der Waals surface area contributed by atoms with Crippen molar-refractivity contribution < 1.29 is 4.74 Å². The predicted octanol–water partition coefficient (Wildman–Crippen LogP) is 2.97. The van der Waals surface area contributed by atoms with Gasteiger partial charge in [0.1, 0.15) is 5.75 Å². The lowest BCUT2D eigenvalue weighted by Crippen LogP contribution is -2.33. The molecule has 90 valence electrons. The molecule has 1 N–H and O–H groups in total. The van der Waals surface area contributed by atoms with Crippen LogP contribution in [0.15, 0.2) is 24.3 Å². The number of para-hydroxylation sites is 1. The van der Waals surface area contributed by atoms with Crippen LogP contribution in [0.3, 0.4) is 0 Å². The summed E-state index contributed by atoms with van der Waals surface area (Å²) in [5.74, 6) is 0.978. The van der Waals surface area contributed by atoms with Gasteiger partial charge in [-0.05, 0) is 19.0 Å². The van der Waals surface area contributed by atoms with Gasteiger partial charge in [0.15, 0.2) is 0 Å². The van der Waals surface area contributed by atoms with Crippen LogP contribution in [0.1, 0.15) is 32.8 Å². The normalized spacial score (nSPS) is 11.5. The number of benzene rings is 1. The second-order valence-electron chi connectivity index (χ2n) is 4.76. The topological polar surface area (TPSA) is 21.3 Å². The summed E-state index contributed by atoms with van der Waals surface area (Å²) >= 11 is 0. The molecule has 0 aliphatic heterocycles. The first-order valence-corrected chi connectivity index (χ1v) is 5.96. The number of nitrogens with one attached hydrogen (secondary N) is 1. The van der Waals surface area contributed by atoms with Crippen LogP contribution in [0.2, 0.25) is 0 Å². The predicted molar refractivity (Wildman–Crippen MR) is 69.2 cm³/mol. The van der Waals surface area contributed by atoms with Gasteiger partial charge in [0.25, 0.3) is 0 Å². The average Bonchev–Trinajstić information content (AvgIpc) is 2.29. The molecule has 0 spiro atoms. The summed E-state index contributed by atoms with van der Waals surface area (Å²) in [7, 11) is 1.73. The third kappa shape index (κ3) is 3.24. The van der Waals surface area contributed by atoms with E-state index in [1.165, 1.54) is 12.0 Å². The molecule has 2 nitrogen and oxygen atoms in total. The smallest absolute Gasteiger partial charge is 0.122 e. The van der Waals surface area contributed by atoms with Crippen LogP contribution < -0.4 is 10.1 Å². The highest BCUT2D eigenvalue weighted by atomic mass is 16.5. The summed E-state index contributed by atoms with van der Waals surface area (Å²) in [6.45, 7) is 8.71. The molecule has 0 aliphatic rings. The molecule has 1 aromatic rings. The molecule has 0 bridgehead atoms. The molecular weight excluding hydrogens is 198 g/mol. The Labute approximate surface area is 99.0 Å². The van der Waals surface area contributed by atoms with Gasteiger partial charge in [-0.1, -0.05) is 39.0 Å². The van der Waals surface area contributed by atoms with Crippen molar-refractivity contribution in [3.63, 3.8) is 0 Å². The van der Waals surface area contributed by atoms with E-state index in [1.807, 2.05) is 12.1 Å². The fourth-order valence-electron chi connectivity index (χ4n) is 1.88. The zero-order valence-electron chi connectivity index (χ0n) is 10.8. The quantitative estimate of drug-likeness (QED) is 0.746. The van der Waals surface area contributed by atoms with E-state index in [0.717, 1.165) is 18.8 Å². The van der Waals surface area contributed by atoms with Gasteiger partial charge in [-0.2, -0.15) is 0 Å². The van der Waals surface area contributed by atoms with E-state index in [4.69, 9.17) is 4.74 Å². The van der Waals surface area contributed by atoms with Gasteiger partial charge in [0.05, 0.1) is 7.11 Å². The number of rotatable bonds is 6. The molecule has 1 aromatic carbocycles. The molecule has 16 heavy (non-hydrogen) atoms. The van der Waals surface area contributed by atoms with Crippen molar-refractivity contribution in [2.24, 2.45) is 0 Å². The number of hydrogen-bond acceptors (Lipinski definition) is 2. The Morgan fingerprint density at radius 2 is 1.94 bits per heavy atom. The third-order valence-electron chi connectivity index (χ3n) is 2.83. The van der Waals surface area contributed by atoms with E-state index in [2.05, 4.69) is 38.2 Å². The van der Waals surface area contributed by atoms with E-state index in [-0.39, 0.29) is 5.41 Å². The SMILES string of the molecule is CCCNCC(C)(C)c1ccccc1OC. The molecule has 0 atom stereocenters. The second kappa shape index (κ2) is 5.90. The first-order valence-electron chi connectivity index (χ1n) is 5.96. The maximum atomic E-state index is 5.41. The van der Waals surface area contributed by atoms with Crippen LogP contribution in [-0.2, 0) is 5.41 Å². The Bertz CT molecular complexity index is 320. The Morgan fingerprint density at radius 3 is 2.56 bits per heavy atom. The maximum absolute atomic E-state index is 5.41. The number of hydrogen-bond donors (Lipinski definition) is 1. The van der Waals surface area contributed by atoms with Gasteiger partial charge in [0, 0.05) is 17.5 Å². The summed E-state index contributed by atoms with van der Waals surface area (Å²) < 4.78 is 5.41. The highest BCUT2D eigenvalue weighted by Gasteiger charge is 2.23. The lowest BCUT2D eigenvalue weighted by atomic mass is 9.84. The molecule has 0 amide bonds. The fourth-order valence-corrected chi connectivity index (χ4v) is 1.88. The van der Waals surface area contributed by atoms with Gasteiger partial charge >= 0.3 is 0 Å². The van der Waals surface area contributed by atoms with E-state index >= 15 is 0 Å². The minimum atomic E-state index is 0.0990. The minimum Gasteiger partial charge on any atom is -0.496 e. The van der Waals surface area contributed by atoms with Gasteiger partial charge in [-0.15, -0.1) is 0 Å². The third-order valence-corrected chi connectivity index (χ3v) is 2.83. The van der Waals surface area contributed by atoms with Gasteiger partial charge in [-0.25, -0.2) is 0 Å². The van der Waals surface area contributed by atoms with E-state index in [0.29, 0.717) is 0 Å². The summed E-state index contributed by atoms with van der Waals surface area (Å²) in [5.41, 5.74) is 1.36. The van der Waals surface area contributed by atoms with Crippen molar-refractivity contribution in [2.45, 2.75) is 32.6 Å². The lowest BCUT2D eigenvalue weighted by Gasteiger charge is -2.27. The van der Waals surface area contributed by atoms with E-state index in [9.17, 15) is 0 Å². The molecule has 0 fully saturated rings. The Balaban J connectivity index is 2.79. The summed E-state index contributed by atoms with van der Waals surface area (Å²) in [4.78, 5) is 0. The Hall–Kier alpha value is -1.02. The van der Waals surface area contributed by atoms with Crippen molar-refractivity contribution in [2.75, 3.05) is 20.2 Å². The molecule has 2 heteroatoms. The largest absolute Gasteiger partial charge is 0.496 e. The monoisotopic (exact) mass is 221 g/mol. The molecule has 0 saturated heterocycles. The standard InChI is InChI=1S/C14H23NO/c1-5-10-15-11-14(2,3)12-8-6-7-9-13(12)16-4/h6-9,15H,5,10-11H2,1-4H3. The van der Waals surface area contributed by atoms with Gasteiger partial charge < -0.3 is 10.1 Å². The zero-order valence-corrected chi connectivity index (χ0v) is 10.8. The zero-order chi connectivity index (χ0) is 12.0. The van der Waals surface area contributed by atoms with Gasteiger partial charge in [0.2, 0.25) is 0 Å². The van der Waals surface area contributed by atoms with Crippen molar-refractivity contribution in [3.05, 3.63) is 29.8 Å². The molecule has 0 heterocycles. The van der Waals surface area contributed by atoms with Gasteiger partial charge in [-0.3, -0.25) is 0 Å². The minimum absolute atomic E-state index is 0.0990. The van der Waals surface area contributed by atoms with E-state index in [1.54, 1.807) is 7.11 Å². The molecule has 0 radical (unpaired) electrons. The van der Waals surface area contributed by atoms with Crippen LogP contribution in [0.25, 0.3) is 0 Å². The Morgan fingerprint density at radius 1 is 1.25 bits per heavy atom. The number of methoxy groups -OCH3 is 1. The van der Waals surface area contributed by atoms with Crippen molar-refractivity contribution in [1.82, 2.24) is 5.32 Å². The highest BCUT2D eigenvalue weighted by molar-refractivity contribution is 5.39. The first kappa shape index (κ1) is 13.0. The fraction of sp³-hybridized carbons (Fsp3) is 0.571. The average molecular weight is 221 g/mol. The number of ether oxygens (including phenoxy) is 1. The van der Waals surface area contributed by atoms with Crippen LogP contribution in [0.4, 0.5) is 0 Å². The molecular formula is C14H23NO. The molecule has 0 saturated carbocycles.